The van der Waals surface area contributed by atoms with Crippen LogP contribution in [-0.4, -0.2) is 97.5 Å². The molecule has 10 heteroatoms. The normalized spacial score (nSPS) is 48.2. The monoisotopic (exact) mass is 347 g/mol. The molecule has 1 saturated carbocycles. The molecule has 0 aromatic carbocycles. The summed E-state index contributed by atoms with van der Waals surface area (Å²) in [5, 5.41) is 76.7. The van der Waals surface area contributed by atoms with Gasteiger partial charge in [0.15, 0.2) is 6.29 Å². The molecule has 1 aliphatic heterocycles. The predicted molar refractivity (Wildman–Crippen MR) is 75.0 cm³/mol. The lowest BCUT2D eigenvalue weighted by Gasteiger charge is -2.43. The maximum absolute atomic E-state index is 9.95. The topological polar surface area (TPSA) is 184 Å². The maximum Gasteiger partial charge on any atom is 0.187 e. The van der Waals surface area contributed by atoms with E-state index < -0.39 is 61.7 Å². The SMILES string of the molecule is N#CC=C1C(OC2OC(CO)C(O)C(O)C2O)CC(O)C(O)C1O. The molecule has 0 radical (unpaired) electrons. The van der Waals surface area contributed by atoms with Gasteiger partial charge in [-0.3, -0.25) is 0 Å². The van der Waals surface area contributed by atoms with Crippen molar-refractivity contribution >= 4 is 0 Å². The number of rotatable bonds is 3. The third-order valence-corrected chi connectivity index (χ3v) is 4.26. The quantitative estimate of drug-likeness (QED) is 0.249. The first-order valence-electron chi connectivity index (χ1n) is 7.41. The van der Waals surface area contributed by atoms with Gasteiger partial charge in [0, 0.05) is 18.1 Å². The lowest BCUT2D eigenvalue weighted by atomic mass is 9.84. The van der Waals surface area contributed by atoms with Crippen LogP contribution in [-0.2, 0) is 9.47 Å². The molecule has 136 valence electrons. The van der Waals surface area contributed by atoms with Crippen LogP contribution < -0.4 is 0 Å². The van der Waals surface area contributed by atoms with E-state index in [1.807, 2.05) is 0 Å². The molecule has 1 saturated heterocycles. The summed E-state index contributed by atoms with van der Waals surface area (Å²) < 4.78 is 10.6. The first-order valence-corrected chi connectivity index (χ1v) is 7.41. The Bertz CT molecular complexity index is 505. The molecule has 2 aliphatic rings. The van der Waals surface area contributed by atoms with Crippen LogP contribution >= 0.6 is 0 Å². The van der Waals surface area contributed by atoms with Gasteiger partial charge in [-0.05, 0) is 0 Å². The average Bonchev–Trinajstić information content (AvgIpc) is 2.56. The van der Waals surface area contributed by atoms with E-state index in [1.54, 1.807) is 6.07 Å². The molecular weight excluding hydrogens is 326 g/mol. The van der Waals surface area contributed by atoms with Gasteiger partial charge >= 0.3 is 0 Å². The highest BCUT2D eigenvalue weighted by atomic mass is 16.7. The summed E-state index contributed by atoms with van der Waals surface area (Å²) in [4.78, 5) is 0. The van der Waals surface area contributed by atoms with Crippen molar-refractivity contribution in [1.82, 2.24) is 0 Å². The first-order chi connectivity index (χ1) is 11.3. The van der Waals surface area contributed by atoms with Crippen LogP contribution in [0.1, 0.15) is 6.42 Å². The molecule has 1 aliphatic carbocycles. The van der Waals surface area contributed by atoms with Crippen molar-refractivity contribution in [3.63, 3.8) is 0 Å². The van der Waals surface area contributed by atoms with Gasteiger partial charge in [-0.25, -0.2) is 0 Å². The lowest BCUT2D eigenvalue weighted by Crippen LogP contribution is -2.60. The molecule has 2 fully saturated rings. The van der Waals surface area contributed by atoms with E-state index in [9.17, 15) is 30.6 Å². The highest BCUT2D eigenvalue weighted by Gasteiger charge is 2.47. The molecule has 0 amide bonds. The van der Waals surface area contributed by atoms with E-state index in [0.717, 1.165) is 6.08 Å². The number of aliphatic hydroxyl groups is 7. The zero-order valence-electron chi connectivity index (χ0n) is 12.6. The molecule has 0 spiro atoms. The van der Waals surface area contributed by atoms with Crippen LogP contribution in [0.3, 0.4) is 0 Å². The fourth-order valence-corrected chi connectivity index (χ4v) is 2.82. The number of nitrogens with zero attached hydrogens (tertiary/aromatic N) is 1. The van der Waals surface area contributed by atoms with Crippen LogP contribution in [0.2, 0.25) is 0 Å². The number of nitriles is 1. The van der Waals surface area contributed by atoms with Crippen molar-refractivity contribution in [2.24, 2.45) is 0 Å². The Hall–Kier alpha value is -1.13. The van der Waals surface area contributed by atoms with Crippen LogP contribution in [0.25, 0.3) is 0 Å². The molecule has 0 bridgehead atoms. The van der Waals surface area contributed by atoms with Gasteiger partial charge in [-0.2, -0.15) is 5.26 Å². The van der Waals surface area contributed by atoms with E-state index >= 15 is 0 Å². The van der Waals surface area contributed by atoms with Crippen LogP contribution in [0.4, 0.5) is 0 Å². The molecule has 7 N–H and O–H groups in total. The van der Waals surface area contributed by atoms with E-state index in [-0.39, 0.29) is 12.0 Å². The Labute approximate surface area is 137 Å². The Morgan fingerprint density at radius 2 is 1.75 bits per heavy atom. The second-order valence-electron chi connectivity index (χ2n) is 5.83. The van der Waals surface area contributed by atoms with Gasteiger partial charge < -0.3 is 45.2 Å². The van der Waals surface area contributed by atoms with Crippen molar-refractivity contribution < 1.29 is 45.2 Å². The second-order valence-corrected chi connectivity index (χ2v) is 5.83. The van der Waals surface area contributed by atoms with Gasteiger partial charge in [-0.15, -0.1) is 0 Å². The van der Waals surface area contributed by atoms with Crippen LogP contribution in [0.5, 0.6) is 0 Å². The summed E-state index contributed by atoms with van der Waals surface area (Å²) >= 11 is 0. The van der Waals surface area contributed by atoms with Crippen molar-refractivity contribution in [2.75, 3.05) is 6.61 Å². The third-order valence-electron chi connectivity index (χ3n) is 4.26. The van der Waals surface area contributed by atoms with E-state index in [2.05, 4.69) is 0 Å². The summed E-state index contributed by atoms with van der Waals surface area (Å²) in [7, 11) is 0. The highest BCUT2D eigenvalue weighted by Crippen LogP contribution is 2.31. The minimum atomic E-state index is -1.66. The van der Waals surface area contributed by atoms with Gasteiger partial charge in [0.1, 0.15) is 36.6 Å². The largest absolute Gasteiger partial charge is 0.394 e. The van der Waals surface area contributed by atoms with Gasteiger partial charge in [0.05, 0.1) is 24.9 Å². The molecule has 9 unspecified atom stereocenters. The van der Waals surface area contributed by atoms with E-state index in [4.69, 9.17) is 19.8 Å². The first kappa shape index (κ1) is 19.2. The average molecular weight is 347 g/mol. The molecule has 9 atom stereocenters. The summed E-state index contributed by atoms with van der Waals surface area (Å²) in [5.74, 6) is 0. The predicted octanol–water partition coefficient (Wildman–Crippen LogP) is -3.89. The number of hydrogen-bond donors (Lipinski definition) is 7. The summed E-state index contributed by atoms with van der Waals surface area (Å²) in [5.41, 5.74) is -0.0211. The number of allylic oxidation sites excluding steroid dienone is 1. The van der Waals surface area contributed by atoms with Crippen molar-refractivity contribution in [3.8, 4) is 6.07 Å². The van der Waals surface area contributed by atoms with Gasteiger partial charge in [-0.1, -0.05) is 0 Å². The Balaban J connectivity index is 2.18. The van der Waals surface area contributed by atoms with Gasteiger partial charge in [0.2, 0.25) is 0 Å². The molecule has 0 aromatic rings. The highest BCUT2D eigenvalue weighted by molar-refractivity contribution is 5.26. The third kappa shape index (κ3) is 3.60. The standard InChI is InChI=1S/C14H21NO9/c15-2-1-5-7(3-6(17)10(19)9(5)18)23-14-13(22)12(21)11(20)8(4-16)24-14/h1,6-14,16-22H,3-4H2. The summed E-state index contributed by atoms with van der Waals surface area (Å²) in [6, 6.07) is 1.69. The maximum atomic E-state index is 9.95. The number of ether oxygens (including phenoxy) is 2. The summed E-state index contributed by atoms with van der Waals surface area (Å²) in [6.45, 7) is -0.639. The Kier molecular flexibility index (Phi) is 6.27. The second kappa shape index (κ2) is 7.83. The number of aliphatic hydroxyl groups excluding tert-OH is 7. The number of hydrogen-bond acceptors (Lipinski definition) is 10. The summed E-state index contributed by atoms with van der Waals surface area (Å²) in [6.07, 6.45) is -12.2. The molecule has 24 heavy (non-hydrogen) atoms. The minimum absolute atomic E-state index is 0.0211. The smallest absolute Gasteiger partial charge is 0.187 e. The zero-order chi connectivity index (χ0) is 18.0. The Morgan fingerprint density at radius 3 is 2.33 bits per heavy atom. The fraction of sp³-hybridized carbons (Fsp3) is 0.786. The van der Waals surface area contributed by atoms with Crippen molar-refractivity contribution in [3.05, 3.63) is 11.6 Å². The van der Waals surface area contributed by atoms with E-state index in [1.165, 1.54) is 0 Å². The molecule has 10 nitrogen and oxygen atoms in total. The lowest BCUT2D eigenvalue weighted by molar-refractivity contribution is -0.312. The van der Waals surface area contributed by atoms with Crippen LogP contribution in [0, 0.1) is 11.3 Å². The van der Waals surface area contributed by atoms with E-state index in [0.29, 0.717) is 0 Å². The minimum Gasteiger partial charge on any atom is -0.394 e. The molecule has 1 heterocycles. The van der Waals surface area contributed by atoms with Crippen molar-refractivity contribution in [1.29, 1.82) is 5.26 Å². The van der Waals surface area contributed by atoms with Gasteiger partial charge in [0.25, 0.3) is 0 Å². The molecule has 2 rings (SSSR count). The zero-order valence-corrected chi connectivity index (χ0v) is 12.6. The molecular formula is C14H21NO9. The van der Waals surface area contributed by atoms with Crippen LogP contribution in [0.15, 0.2) is 11.6 Å². The fourth-order valence-electron chi connectivity index (χ4n) is 2.82. The molecule has 0 aromatic heterocycles. The van der Waals surface area contributed by atoms with Crippen molar-refractivity contribution in [2.45, 2.75) is 61.5 Å². The Morgan fingerprint density at radius 1 is 1.08 bits per heavy atom.